The van der Waals surface area contributed by atoms with Crippen molar-refractivity contribution in [2.24, 2.45) is 5.73 Å². The van der Waals surface area contributed by atoms with Crippen LogP contribution in [0.15, 0.2) is 12.1 Å². The molecule has 14 heavy (non-hydrogen) atoms. The van der Waals surface area contributed by atoms with Crippen LogP contribution in [0.1, 0.15) is 15.9 Å². The first kappa shape index (κ1) is 10.7. The third-order valence-electron chi connectivity index (χ3n) is 1.64. The molecule has 0 heterocycles. The summed E-state index contributed by atoms with van der Waals surface area (Å²) in [5, 5.41) is 9.01. The molecule has 4 nitrogen and oxygen atoms in total. The Morgan fingerprint density at radius 3 is 2.36 bits per heavy atom. The number of hydrogen-bond donors (Lipinski definition) is 3. The SMILES string of the molecule is NC(=S)c1cc(Cl)cc(C(=O)O)c1N. The van der Waals surface area contributed by atoms with Crippen LogP contribution < -0.4 is 11.5 Å². The molecule has 0 saturated heterocycles. The summed E-state index contributed by atoms with van der Waals surface area (Å²) in [5.74, 6) is -1.16. The van der Waals surface area contributed by atoms with Crippen LogP contribution in [0.2, 0.25) is 5.02 Å². The Labute approximate surface area is 90.5 Å². The van der Waals surface area contributed by atoms with Crippen molar-refractivity contribution in [1.82, 2.24) is 0 Å². The van der Waals surface area contributed by atoms with E-state index in [-0.39, 0.29) is 26.8 Å². The second-order valence-corrected chi connectivity index (χ2v) is 3.46. The van der Waals surface area contributed by atoms with E-state index < -0.39 is 5.97 Å². The lowest BCUT2D eigenvalue weighted by Crippen LogP contribution is -2.15. The molecule has 0 amide bonds. The highest BCUT2D eigenvalue weighted by atomic mass is 35.5. The Hall–Kier alpha value is -1.33. The Kier molecular flexibility index (Phi) is 2.93. The third-order valence-corrected chi connectivity index (χ3v) is 2.08. The molecule has 0 bridgehead atoms. The zero-order valence-electron chi connectivity index (χ0n) is 6.95. The van der Waals surface area contributed by atoms with Crippen LogP contribution in [0.25, 0.3) is 0 Å². The van der Waals surface area contributed by atoms with Gasteiger partial charge < -0.3 is 16.6 Å². The van der Waals surface area contributed by atoms with Gasteiger partial charge in [-0.15, -0.1) is 0 Å². The number of nitrogens with two attached hydrogens (primary N) is 2. The van der Waals surface area contributed by atoms with Crippen LogP contribution >= 0.6 is 23.8 Å². The van der Waals surface area contributed by atoms with Gasteiger partial charge in [0.1, 0.15) is 4.99 Å². The van der Waals surface area contributed by atoms with Crippen molar-refractivity contribution < 1.29 is 9.90 Å². The third kappa shape index (κ3) is 1.94. The summed E-state index contributed by atoms with van der Waals surface area (Å²) >= 11 is 10.4. The minimum atomic E-state index is -1.16. The minimum absolute atomic E-state index is 0.0208. The molecular weight excluding hydrogens is 224 g/mol. The maximum Gasteiger partial charge on any atom is 0.337 e. The lowest BCUT2D eigenvalue weighted by atomic mass is 10.1. The number of benzene rings is 1. The van der Waals surface area contributed by atoms with Crippen molar-refractivity contribution in [2.75, 3.05) is 5.73 Å². The van der Waals surface area contributed by atoms with Crippen LogP contribution in [-0.4, -0.2) is 16.1 Å². The number of carboxylic acid groups (broad SMARTS) is 1. The molecule has 1 aromatic rings. The average Bonchev–Trinajstić information content (AvgIpc) is 2.07. The molecule has 0 unspecified atom stereocenters. The highest BCUT2D eigenvalue weighted by Gasteiger charge is 2.14. The first-order valence-electron chi connectivity index (χ1n) is 3.55. The summed E-state index contributed by atoms with van der Waals surface area (Å²) < 4.78 is 0. The summed E-state index contributed by atoms with van der Waals surface area (Å²) in [5.41, 5.74) is 11.1. The number of carboxylic acids is 1. The van der Waals surface area contributed by atoms with Gasteiger partial charge in [-0.25, -0.2) is 4.79 Å². The van der Waals surface area contributed by atoms with Gasteiger partial charge in [-0.1, -0.05) is 23.8 Å². The zero-order valence-corrected chi connectivity index (χ0v) is 8.52. The van der Waals surface area contributed by atoms with Gasteiger partial charge in [-0.3, -0.25) is 0 Å². The van der Waals surface area contributed by atoms with E-state index in [0.29, 0.717) is 0 Å². The first-order valence-corrected chi connectivity index (χ1v) is 4.34. The lowest BCUT2D eigenvalue weighted by Gasteiger charge is -2.07. The van der Waals surface area contributed by atoms with Crippen LogP contribution in [0, 0.1) is 0 Å². The molecule has 74 valence electrons. The second-order valence-electron chi connectivity index (χ2n) is 2.58. The highest BCUT2D eigenvalue weighted by molar-refractivity contribution is 7.80. The van der Waals surface area contributed by atoms with E-state index in [0.717, 1.165) is 0 Å². The van der Waals surface area contributed by atoms with E-state index in [1.165, 1.54) is 12.1 Å². The Bertz CT molecular complexity index is 385. The highest BCUT2D eigenvalue weighted by Crippen LogP contribution is 2.23. The zero-order chi connectivity index (χ0) is 10.9. The fraction of sp³-hybridized carbons (Fsp3) is 0. The van der Waals surface area contributed by atoms with E-state index >= 15 is 0 Å². The van der Waals surface area contributed by atoms with Gasteiger partial charge in [0.2, 0.25) is 0 Å². The summed E-state index contributed by atoms with van der Waals surface area (Å²) in [6, 6.07) is 2.69. The summed E-state index contributed by atoms with van der Waals surface area (Å²) in [6.45, 7) is 0. The monoisotopic (exact) mass is 230 g/mol. The number of nitrogen functional groups attached to an aromatic ring is 1. The van der Waals surface area contributed by atoms with E-state index in [1.807, 2.05) is 0 Å². The van der Waals surface area contributed by atoms with Crippen molar-refractivity contribution in [3.8, 4) is 0 Å². The fourth-order valence-electron chi connectivity index (χ4n) is 0.999. The molecule has 1 aromatic carbocycles. The van der Waals surface area contributed by atoms with Crippen LogP contribution in [0.4, 0.5) is 5.69 Å². The normalized spacial score (nSPS) is 9.79. The van der Waals surface area contributed by atoms with Crippen molar-refractivity contribution in [1.29, 1.82) is 0 Å². The van der Waals surface area contributed by atoms with E-state index in [4.69, 9.17) is 40.4 Å². The first-order chi connectivity index (χ1) is 6.43. The molecule has 1 rings (SSSR count). The second kappa shape index (κ2) is 3.81. The molecule has 0 aromatic heterocycles. The smallest absolute Gasteiger partial charge is 0.337 e. The molecule has 0 atom stereocenters. The molecule has 0 aliphatic rings. The number of aromatic carboxylic acids is 1. The molecule has 0 fully saturated rings. The molecule has 0 radical (unpaired) electrons. The van der Waals surface area contributed by atoms with Crippen molar-refractivity contribution in [3.63, 3.8) is 0 Å². The Morgan fingerprint density at radius 1 is 1.43 bits per heavy atom. The number of hydrogen-bond acceptors (Lipinski definition) is 3. The largest absolute Gasteiger partial charge is 0.478 e. The topological polar surface area (TPSA) is 89.3 Å². The number of carbonyl (C=O) groups is 1. The van der Waals surface area contributed by atoms with Gasteiger partial charge in [-0.05, 0) is 12.1 Å². The van der Waals surface area contributed by atoms with Gasteiger partial charge in [0.15, 0.2) is 0 Å². The van der Waals surface area contributed by atoms with E-state index in [1.54, 1.807) is 0 Å². The maximum atomic E-state index is 10.7. The Morgan fingerprint density at radius 2 is 1.93 bits per heavy atom. The average molecular weight is 231 g/mol. The van der Waals surface area contributed by atoms with E-state index in [2.05, 4.69) is 0 Å². The molecule has 0 aliphatic heterocycles. The predicted molar refractivity (Wildman–Crippen MR) is 58.7 cm³/mol. The fourth-order valence-corrected chi connectivity index (χ4v) is 1.39. The summed E-state index contributed by atoms with van der Waals surface area (Å²) in [4.78, 5) is 10.7. The molecule has 0 saturated carbocycles. The van der Waals surface area contributed by atoms with Gasteiger partial charge in [0, 0.05) is 10.6 Å². The van der Waals surface area contributed by atoms with Crippen LogP contribution in [0.5, 0.6) is 0 Å². The molecule has 0 aliphatic carbocycles. The van der Waals surface area contributed by atoms with Gasteiger partial charge in [0.05, 0.1) is 11.3 Å². The predicted octanol–water partition coefficient (Wildman–Crippen LogP) is 1.25. The van der Waals surface area contributed by atoms with Gasteiger partial charge >= 0.3 is 5.97 Å². The number of halogens is 1. The molecule has 0 spiro atoms. The van der Waals surface area contributed by atoms with Crippen molar-refractivity contribution >= 4 is 40.5 Å². The van der Waals surface area contributed by atoms with Gasteiger partial charge in [0.25, 0.3) is 0 Å². The lowest BCUT2D eigenvalue weighted by molar-refractivity contribution is 0.0698. The van der Waals surface area contributed by atoms with Crippen LogP contribution in [0.3, 0.4) is 0 Å². The number of rotatable bonds is 2. The quantitative estimate of drug-likeness (QED) is 0.526. The molecular formula is C8H7ClN2O2S. The maximum absolute atomic E-state index is 10.7. The summed E-state index contributed by atoms with van der Waals surface area (Å²) in [7, 11) is 0. The molecule has 6 heteroatoms. The standard InChI is InChI=1S/C8H7ClN2O2S/c9-3-1-4(7(11)14)6(10)5(2-3)8(12)13/h1-2H,10H2,(H2,11,14)(H,12,13). The van der Waals surface area contributed by atoms with Crippen molar-refractivity contribution in [3.05, 3.63) is 28.3 Å². The number of anilines is 1. The summed E-state index contributed by atoms with van der Waals surface area (Å²) in [6.07, 6.45) is 0. The van der Waals surface area contributed by atoms with E-state index in [9.17, 15) is 4.79 Å². The molecule has 5 N–H and O–H groups in total. The van der Waals surface area contributed by atoms with Gasteiger partial charge in [-0.2, -0.15) is 0 Å². The minimum Gasteiger partial charge on any atom is -0.478 e. The van der Waals surface area contributed by atoms with Crippen molar-refractivity contribution in [2.45, 2.75) is 0 Å². The van der Waals surface area contributed by atoms with Crippen LogP contribution in [-0.2, 0) is 0 Å². The Balaban J connectivity index is 3.47. The number of thiocarbonyl (C=S) groups is 1.